The first kappa shape index (κ1) is 16.7. The van der Waals surface area contributed by atoms with Gasteiger partial charge in [-0.2, -0.15) is 13.2 Å². The smallest absolute Gasteiger partial charge is 0.415 e. The zero-order valence-corrected chi connectivity index (χ0v) is 11.5. The Balaban J connectivity index is 3.04. The molecule has 0 fully saturated rings. The van der Waals surface area contributed by atoms with Gasteiger partial charge in [-0.05, 0) is 6.92 Å². The van der Waals surface area contributed by atoms with Crippen molar-refractivity contribution in [1.29, 1.82) is 0 Å². The molecule has 1 rings (SSSR count). The minimum atomic E-state index is -4.74. The first-order valence-electron chi connectivity index (χ1n) is 5.65. The molecule has 0 aliphatic carbocycles. The van der Waals surface area contributed by atoms with Crippen LogP contribution in [0.2, 0.25) is 0 Å². The summed E-state index contributed by atoms with van der Waals surface area (Å²) in [6.07, 6.45) is -6.85. The lowest BCUT2D eigenvalue weighted by atomic mass is 10.2. The van der Waals surface area contributed by atoms with Crippen LogP contribution in [0.25, 0.3) is 0 Å². The number of aromatic nitrogens is 2. The van der Waals surface area contributed by atoms with Crippen molar-refractivity contribution in [2.45, 2.75) is 37.6 Å². The molecule has 1 aromatic heterocycles. The minimum absolute atomic E-state index is 0.0647. The van der Waals surface area contributed by atoms with Gasteiger partial charge in [-0.25, -0.2) is 14.8 Å². The maximum atomic E-state index is 12.2. The molecule has 1 atom stereocenters. The lowest BCUT2D eigenvalue weighted by Crippen LogP contribution is -2.30. The highest BCUT2D eigenvalue weighted by atomic mass is 32.2. The number of carbonyl (C=O) groups is 1. The molecular formula is C11H13F3N2O3S. The fraction of sp³-hybridized carbons (Fsp3) is 0.545. The van der Waals surface area contributed by atoms with E-state index in [0.717, 1.165) is 0 Å². The number of carboxylic acid groups (broad SMARTS) is 1. The largest absolute Gasteiger partial charge is 0.478 e. The van der Waals surface area contributed by atoms with Gasteiger partial charge in [-0.1, -0.05) is 6.92 Å². The van der Waals surface area contributed by atoms with Crippen LogP contribution in [0.1, 0.15) is 28.8 Å². The summed E-state index contributed by atoms with van der Waals surface area (Å²) in [5, 5.41) is 17.9. The number of aliphatic hydroxyl groups excluding tert-OH is 1. The molecule has 5 nitrogen and oxygen atoms in total. The average Bonchev–Trinajstić information content (AvgIpc) is 2.33. The standard InChI is InChI=1S/C11H13F3N2O3S/c1-3-7-15-5(2)8(10(18)19)9(16-7)20-4-6(17)11(12,13)14/h6,17H,3-4H2,1-2H3,(H,18,19). The molecule has 0 bridgehead atoms. The molecule has 9 heteroatoms. The second kappa shape index (κ2) is 6.40. The Morgan fingerprint density at radius 2 is 2.00 bits per heavy atom. The van der Waals surface area contributed by atoms with Gasteiger partial charge in [0.25, 0.3) is 0 Å². The van der Waals surface area contributed by atoms with Crippen LogP contribution in [0.5, 0.6) is 0 Å². The van der Waals surface area contributed by atoms with E-state index in [-0.39, 0.29) is 16.3 Å². The van der Waals surface area contributed by atoms with Crippen LogP contribution in [-0.4, -0.2) is 44.2 Å². The number of aliphatic hydroxyl groups is 1. The number of aromatic carboxylic acids is 1. The maximum Gasteiger partial charge on any atom is 0.415 e. The molecule has 1 unspecified atom stereocenters. The molecule has 1 aromatic rings. The second-order valence-electron chi connectivity index (χ2n) is 3.93. The van der Waals surface area contributed by atoms with E-state index >= 15 is 0 Å². The third-order valence-electron chi connectivity index (χ3n) is 2.39. The second-order valence-corrected chi connectivity index (χ2v) is 4.94. The van der Waals surface area contributed by atoms with E-state index in [1.54, 1.807) is 6.92 Å². The summed E-state index contributed by atoms with van der Waals surface area (Å²) in [4.78, 5) is 19.0. The lowest BCUT2D eigenvalue weighted by Gasteiger charge is -2.15. The zero-order valence-electron chi connectivity index (χ0n) is 10.7. The number of nitrogens with zero attached hydrogens (tertiary/aromatic N) is 2. The summed E-state index contributed by atoms with van der Waals surface area (Å²) in [7, 11) is 0. The Bertz CT molecular complexity index is 508. The molecule has 0 spiro atoms. The first-order valence-corrected chi connectivity index (χ1v) is 6.63. The Labute approximate surface area is 117 Å². The van der Waals surface area contributed by atoms with Crippen LogP contribution >= 0.6 is 11.8 Å². The van der Waals surface area contributed by atoms with E-state index in [0.29, 0.717) is 24.0 Å². The molecular weight excluding hydrogens is 297 g/mol. The van der Waals surface area contributed by atoms with Crippen molar-refractivity contribution < 1.29 is 28.2 Å². The van der Waals surface area contributed by atoms with Crippen LogP contribution in [0.3, 0.4) is 0 Å². The highest BCUT2D eigenvalue weighted by molar-refractivity contribution is 7.99. The number of hydrogen-bond acceptors (Lipinski definition) is 5. The van der Waals surface area contributed by atoms with Crippen molar-refractivity contribution in [3.8, 4) is 0 Å². The van der Waals surface area contributed by atoms with Crippen molar-refractivity contribution in [1.82, 2.24) is 9.97 Å². The number of thioether (sulfide) groups is 1. The third-order valence-corrected chi connectivity index (χ3v) is 3.44. The zero-order chi connectivity index (χ0) is 15.5. The van der Waals surface area contributed by atoms with E-state index in [1.165, 1.54) is 6.92 Å². The summed E-state index contributed by atoms with van der Waals surface area (Å²) >= 11 is 0.552. The number of carboxylic acids is 1. The predicted molar refractivity (Wildman–Crippen MR) is 65.9 cm³/mol. The van der Waals surface area contributed by atoms with Gasteiger partial charge in [-0.3, -0.25) is 0 Å². The van der Waals surface area contributed by atoms with E-state index in [9.17, 15) is 18.0 Å². The number of hydrogen-bond donors (Lipinski definition) is 2. The molecule has 0 amide bonds. The summed E-state index contributed by atoms with van der Waals surface area (Å²) in [5.41, 5.74) is -0.0464. The highest BCUT2D eigenvalue weighted by Crippen LogP contribution is 2.28. The van der Waals surface area contributed by atoms with Gasteiger partial charge < -0.3 is 10.2 Å². The average molecular weight is 310 g/mol. The van der Waals surface area contributed by atoms with Crippen molar-refractivity contribution in [3.05, 3.63) is 17.1 Å². The van der Waals surface area contributed by atoms with Gasteiger partial charge in [0.15, 0.2) is 6.10 Å². The SMILES string of the molecule is CCc1nc(C)c(C(=O)O)c(SCC(O)C(F)(F)F)n1. The predicted octanol–water partition coefficient (Wildman–Crippen LogP) is 2.06. The van der Waals surface area contributed by atoms with Gasteiger partial charge in [-0.15, -0.1) is 11.8 Å². The fourth-order valence-electron chi connectivity index (χ4n) is 1.36. The van der Waals surface area contributed by atoms with Gasteiger partial charge in [0.05, 0.1) is 5.69 Å². The van der Waals surface area contributed by atoms with Crippen LogP contribution < -0.4 is 0 Å². The number of alkyl halides is 3. The van der Waals surface area contributed by atoms with Crippen molar-refractivity contribution >= 4 is 17.7 Å². The van der Waals surface area contributed by atoms with E-state index in [2.05, 4.69) is 9.97 Å². The van der Waals surface area contributed by atoms with Gasteiger partial charge >= 0.3 is 12.1 Å². The molecule has 0 radical (unpaired) electrons. The molecule has 20 heavy (non-hydrogen) atoms. The number of rotatable bonds is 5. The van der Waals surface area contributed by atoms with E-state index in [4.69, 9.17) is 10.2 Å². The molecule has 2 N–H and O–H groups in total. The number of aryl methyl sites for hydroxylation is 2. The normalized spacial score (nSPS) is 13.3. The molecule has 0 aliphatic rings. The summed E-state index contributed by atoms with van der Waals surface area (Å²) in [5.74, 6) is -1.69. The first-order chi connectivity index (χ1) is 9.16. The molecule has 0 aromatic carbocycles. The van der Waals surface area contributed by atoms with Gasteiger partial charge in [0.2, 0.25) is 0 Å². The van der Waals surface area contributed by atoms with Crippen LogP contribution in [-0.2, 0) is 6.42 Å². The molecule has 0 saturated heterocycles. The van der Waals surface area contributed by atoms with Crippen LogP contribution in [0.4, 0.5) is 13.2 Å². The molecule has 0 aliphatic heterocycles. The molecule has 1 heterocycles. The quantitative estimate of drug-likeness (QED) is 0.640. The Kier molecular flexibility index (Phi) is 5.35. The van der Waals surface area contributed by atoms with Crippen molar-refractivity contribution in [3.63, 3.8) is 0 Å². The van der Waals surface area contributed by atoms with Gasteiger partial charge in [0, 0.05) is 12.2 Å². The summed E-state index contributed by atoms with van der Waals surface area (Å²) < 4.78 is 36.7. The van der Waals surface area contributed by atoms with E-state index in [1.807, 2.05) is 0 Å². The third kappa shape index (κ3) is 4.07. The Hall–Kier alpha value is -1.35. The Morgan fingerprint density at radius 1 is 1.40 bits per heavy atom. The van der Waals surface area contributed by atoms with Crippen LogP contribution in [0, 0.1) is 6.92 Å². The van der Waals surface area contributed by atoms with Crippen molar-refractivity contribution in [2.75, 3.05) is 5.75 Å². The Morgan fingerprint density at radius 3 is 2.45 bits per heavy atom. The molecule has 0 saturated carbocycles. The van der Waals surface area contributed by atoms with Crippen LogP contribution in [0.15, 0.2) is 5.03 Å². The number of halogens is 3. The topological polar surface area (TPSA) is 83.3 Å². The minimum Gasteiger partial charge on any atom is -0.478 e. The summed E-state index contributed by atoms with van der Waals surface area (Å²) in [6, 6.07) is 0. The molecule has 112 valence electrons. The van der Waals surface area contributed by atoms with Crippen molar-refractivity contribution in [2.24, 2.45) is 0 Å². The lowest BCUT2D eigenvalue weighted by molar-refractivity contribution is -0.195. The maximum absolute atomic E-state index is 12.2. The monoisotopic (exact) mass is 310 g/mol. The fourth-order valence-corrected chi connectivity index (χ4v) is 2.42. The van der Waals surface area contributed by atoms with E-state index < -0.39 is 24.0 Å². The van der Waals surface area contributed by atoms with Gasteiger partial charge in [0.1, 0.15) is 16.4 Å². The summed E-state index contributed by atoms with van der Waals surface area (Å²) in [6.45, 7) is 3.20. The highest BCUT2D eigenvalue weighted by Gasteiger charge is 2.38.